The van der Waals surface area contributed by atoms with E-state index in [1.165, 1.54) is 18.2 Å². The standard InChI is InChI=1S/C22H23FN4O4/c1-5-19(22(29)24-20-12-13(2)31-26-20)30-21(28)11-10-18-14(3)25-27(15(18)4)17-8-6-16(23)7-9-17/h6-12,19H,5H2,1-4H3,(H,24,26,29)/b11-10+. The molecule has 1 N–H and O–H groups in total. The predicted molar refractivity (Wildman–Crippen MR) is 112 cm³/mol. The van der Waals surface area contributed by atoms with Gasteiger partial charge in [0.2, 0.25) is 0 Å². The number of esters is 1. The number of aromatic nitrogens is 3. The average molecular weight is 426 g/mol. The molecule has 1 atom stereocenters. The molecule has 0 spiro atoms. The zero-order valence-corrected chi connectivity index (χ0v) is 17.7. The van der Waals surface area contributed by atoms with Crippen LogP contribution in [0.1, 0.15) is 36.1 Å². The van der Waals surface area contributed by atoms with Gasteiger partial charge in [0.25, 0.3) is 5.91 Å². The van der Waals surface area contributed by atoms with E-state index < -0.39 is 18.0 Å². The molecule has 8 nitrogen and oxygen atoms in total. The van der Waals surface area contributed by atoms with Gasteiger partial charge in [0, 0.05) is 23.4 Å². The fraction of sp³-hybridized carbons (Fsp3) is 0.273. The van der Waals surface area contributed by atoms with Crippen LogP contribution in [-0.2, 0) is 14.3 Å². The van der Waals surface area contributed by atoms with Gasteiger partial charge in [0.1, 0.15) is 11.6 Å². The number of carbonyl (C=O) groups excluding carboxylic acids is 2. The van der Waals surface area contributed by atoms with E-state index in [0.29, 0.717) is 23.6 Å². The summed E-state index contributed by atoms with van der Waals surface area (Å²) in [7, 11) is 0. The predicted octanol–water partition coefficient (Wildman–Crippen LogP) is 3.90. The van der Waals surface area contributed by atoms with Gasteiger partial charge in [-0.15, -0.1) is 0 Å². The maximum Gasteiger partial charge on any atom is 0.331 e. The Kier molecular flexibility index (Phi) is 6.64. The maximum atomic E-state index is 13.2. The second kappa shape index (κ2) is 9.38. The topological polar surface area (TPSA) is 99.2 Å². The van der Waals surface area contributed by atoms with Crippen LogP contribution in [0.5, 0.6) is 0 Å². The Labute approximate surface area is 178 Å². The van der Waals surface area contributed by atoms with Crippen molar-refractivity contribution in [2.24, 2.45) is 0 Å². The van der Waals surface area contributed by atoms with Crippen LogP contribution in [0.4, 0.5) is 10.2 Å². The number of amides is 1. The van der Waals surface area contributed by atoms with Gasteiger partial charge in [-0.2, -0.15) is 5.10 Å². The first-order chi connectivity index (χ1) is 14.8. The molecule has 2 heterocycles. The summed E-state index contributed by atoms with van der Waals surface area (Å²) >= 11 is 0. The summed E-state index contributed by atoms with van der Waals surface area (Å²) in [5, 5.41) is 10.7. The molecule has 1 unspecified atom stereocenters. The van der Waals surface area contributed by atoms with E-state index >= 15 is 0 Å². The Bertz CT molecular complexity index is 1120. The summed E-state index contributed by atoms with van der Waals surface area (Å²) in [6, 6.07) is 7.52. The highest BCUT2D eigenvalue weighted by Gasteiger charge is 2.21. The van der Waals surface area contributed by atoms with Crippen molar-refractivity contribution in [2.75, 3.05) is 5.32 Å². The van der Waals surface area contributed by atoms with Gasteiger partial charge in [-0.1, -0.05) is 12.1 Å². The van der Waals surface area contributed by atoms with Crippen molar-refractivity contribution in [3.8, 4) is 5.69 Å². The molecule has 1 aromatic carbocycles. The lowest BCUT2D eigenvalue weighted by Gasteiger charge is -2.13. The number of aryl methyl sites for hydroxylation is 2. The quantitative estimate of drug-likeness (QED) is 0.454. The summed E-state index contributed by atoms with van der Waals surface area (Å²) in [5.41, 5.74) is 2.91. The first kappa shape index (κ1) is 21.9. The largest absolute Gasteiger partial charge is 0.449 e. The minimum absolute atomic E-state index is 0.256. The smallest absolute Gasteiger partial charge is 0.331 e. The highest BCUT2D eigenvalue weighted by atomic mass is 19.1. The van der Waals surface area contributed by atoms with Gasteiger partial charge in [-0.3, -0.25) is 4.79 Å². The second-order valence-electron chi connectivity index (χ2n) is 6.95. The zero-order chi connectivity index (χ0) is 22.5. The Morgan fingerprint density at radius 3 is 2.58 bits per heavy atom. The molecule has 0 radical (unpaired) electrons. The molecule has 162 valence electrons. The normalized spacial score (nSPS) is 12.2. The average Bonchev–Trinajstić information content (AvgIpc) is 3.27. The van der Waals surface area contributed by atoms with Crippen LogP contribution in [0, 0.1) is 26.6 Å². The first-order valence-corrected chi connectivity index (χ1v) is 9.73. The Hall–Kier alpha value is -3.75. The van der Waals surface area contributed by atoms with Crippen molar-refractivity contribution in [1.29, 1.82) is 0 Å². The summed E-state index contributed by atoms with van der Waals surface area (Å²) in [4.78, 5) is 24.6. The number of carbonyl (C=O) groups is 2. The maximum absolute atomic E-state index is 13.2. The van der Waals surface area contributed by atoms with Crippen LogP contribution >= 0.6 is 0 Å². The van der Waals surface area contributed by atoms with E-state index in [2.05, 4.69) is 15.6 Å². The Balaban J connectivity index is 1.68. The first-order valence-electron chi connectivity index (χ1n) is 9.73. The molecule has 0 saturated carbocycles. The molecule has 3 rings (SSSR count). The summed E-state index contributed by atoms with van der Waals surface area (Å²) in [6.07, 6.45) is 2.16. The van der Waals surface area contributed by atoms with Gasteiger partial charge >= 0.3 is 5.97 Å². The van der Waals surface area contributed by atoms with Gasteiger partial charge in [-0.25, -0.2) is 13.9 Å². The summed E-state index contributed by atoms with van der Waals surface area (Å²) in [6.45, 7) is 7.08. The van der Waals surface area contributed by atoms with Crippen LogP contribution in [0.3, 0.4) is 0 Å². The van der Waals surface area contributed by atoms with E-state index in [1.54, 1.807) is 49.7 Å². The molecule has 3 aromatic rings. The van der Waals surface area contributed by atoms with Crippen LogP contribution in [0.25, 0.3) is 11.8 Å². The van der Waals surface area contributed by atoms with Crippen molar-refractivity contribution in [1.82, 2.24) is 14.9 Å². The molecule has 1 amide bonds. The molecule has 31 heavy (non-hydrogen) atoms. The van der Waals surface area contributed by atoms with Gasteiger partial charge in [-0.05, 0) is 57.5 Å². The number of halogens is 1. The monoisotopic (exact) mass is 426 g/mol. The van der Waals surface area contributed by atoms with Gasteiger partial charge in [0.05, 0.1) is 11.4 Å². The van der Waals surface area contributed by atoms with E-state index in [0.717, 1.165) is 11.3 Å². The molecule has 0 aliphatic carbocycles. The minimum atomic E-state index is -0.974. The number of rotatable bonds is 7. The Morgan fingerprint density at radius 1 is 1.26 bits per heavy atom. The third-order valence-corrected chi connectivity index (χ3v) is 4.61. The fourth-order valence-electron chi connectivity index (χ4n) is 3.01. The van der Waals surface area contributed by atoms with Gasteiger partial charge < -0.3 is 14.6 Å². The minimum Gasteiger partial charge on any atom is -0.449 e. The molecule has 2 aromatic heterocycles. The number of hydrogen-bond acceptors (Lipinski definition) is 6. The number of anilines is 1. The van der Waals surface area contributed by atoms with E-state index in [-0.39, 0.29) is 11.6 Å². The number of ether oxygens (including phenoxy) is 1. The van der Waals surface area contributed by atoms with Gasteiger partial charge in [0.15, 0.2) is 11.9 Å². The van der Waals surface area contributed by atoms with Crippen LogP contribution in [-0.4, -0.2) is 32.9 Å². The lowest BCUT2D eigenvalue weighted by molar-refractivity contribution is -0.149. The summed E-state index contributed by atoms with van der Waals surface area (Å²) < 4.78 is 25.0. The molecule has 0 bridgehead atoms. The molecule has 0 fully saturated rings. The molecule has 0 saturated heterocycles. The molecule has 9 heteroatoms. The van der Waals surface area contributed by atoms with Crippen molar-refractivity contribution < 1.29 is 23.2 Å². The number of nitrogens with one attached hydrogen (secondary N) is 1. The fourth-order valence-corrected chi connectivity index (χ4v) is 3.01. The Morgan fingerprint density at radius 2 is 1.97 bits per heavy atom. The SMILES string of the molecule is CCC(OC(=O)/C=C/c1c(C)nn(-c2ccc(F)cc2)c1C)C(=O)Nc1cc(C)on1. The van der Waals surface area contributed by atoms with Crippen molar-refractivity contribution in [2.45, 2.75) is 40.2 Å². The lowest BCUT2D eigenvalue weighted by atomic mass is 10.2. The molecular weight excluding hydrogens is 403 g/mol. The van der Waals surface area contributed by atoms with Crippen LogP contribution < -0.4 is 5.32 Å². The van der Waals surface area contributed by atoms with Crippen molar-refractivity contribution >= 4 is 23.8 Å². The molecule has 0 aliphatic heterocycles. The number of hydrogen-bond donors (Lipinski definition) is 1. The number of nitrogens with zero attached hydrogens (tertiary/aromatic N) is 3. The van der Waals surface area contributed by atoms with Crippen molar-refractivity contribution in [3.63, 3.8) is 0 Å². The lowest BCUT2D eigenvalue weighted by Crippen LogP contribution is -2.31. The molecule has 0 aliphatic rings. The van der Waals surface area contributed by atoms with E-state index in [9.17, 15) is 14.0 Å². The third-order valence-electron chi connectivity index (χ3n) is 4.61. The highest BCUT2D eigenvalue weighted by molar-refractivity contribution is 5.96. The van der Waals surface area contributed by atoms with Crippen molar-refractivity contribution in [3.05, 3.63) is 64.9 Å². The van der Waals surface area contributed by atoms with E-state index in [4.69, 9.17) is 9.26 Å². The zero-order valence-electron chi connectivity index (χ0n) is 17.7. The summed E-state index contributed by atoms with van der Waals surface area (Å²) in [5.74, 6) is -0.677. The van der Waals surface area contributed by atoms with Crippen LogP contribution in [0.15, 0.2) is 40.9 Å². The van der Waals surface area contributed by atoms with E-state index in [1.807, 2.05) is 6.92 Å². The van der Waals surface area contributed by atoms with Crippen LogP contribution in [0.2, 0.25) is 0 Å². The third kappa shape index (κ3) is 5.25. The number of benzene rings is 1. The second-order valence-corrected chi connectivity index (χ2v) is 6.95. The highest BCUT2D eigenvalue weighted by Crippen LogP contribution is 2.20. The molecular formula is C22H23FN4O4.